The molecule has 0 aliphatic rings. The number of hydrogen-bond donors (Lipinski definition) is 1. The minimum Gasteiger partial charge on any atom is -0.481 e. The molecule has 4 nitrogen and oxygen atoms in total. The van der Waals surface area contributed by atoms with Crippen LogP contribution in [0.15, 0.2) is 18.3 Å². The van der Waals surface area contributed by atoms with E-state index in [0.717, 1.165) is 17.8 Å². The van der Waals surface area contributed by atoms with Crippen LogP contribution in [0.2, 0.25) is 5.15 Å². The fraction of sp³-hybridized carbons (Fsp3) is 0.273. The Morgan fingerprint density at radius 1 is 1.56 bits per heavy atom. The molecule has 0 saturated carbocycles. The Balaban J connectivity index is 2.52. The second-order valence-corrected chi connectivity index (χ2v) is 3.90. The highest BCUT2D eigenvalue weighted by Crippen LogP contribution is 2.19. The maximum Gasteiger partial charge on any atom is 0.307 e. The first-order chi connectivity index (χ1) is 7.61. The van der Waals surface area contributed by atoms with Gasteiger partial charge in [0.1, 0.15) is 10.8 Å². The van der Waals surface area contributed by atoms with E-state index >= 15 is 0 Å². The van der Waals surface area contributed by atoms with Gasteiger partial charge in [-0.2, -0.15) is 0 Å². The van der Waals surface area contributed by atoms with Crippen molar-refractivity contribution in [3.05, 3.63) is 34.7 Å². The van der Waals surface area contributed by atoms with Gasteiger partial charge in [-0.25, -0.2) is 4.98 Å². The average molecular weight is 239 g/mol. The van der Waals surface area contributed by atoms with Crippen molar-refractivity contribution in [2.75, 3.05) is 0 Å². The van der Waals surface area contributed by atoms with E-state index in [1.807, 2.05) is 6.92 Å². The van der Waals surface area contributed by atoms with Crippen molar-refractivity contribution in [3.63, 3.8) is 0 Å². The summed E-state index contributed by atoms with van der Waals surface area (Å²) in [4.78, 5) is 14.9. The number of pyridine rings is 1. The Morgan fingerprint density at radius 3 is 2.94 bits per heavy atom. The standard InChI is InChI=1S/C11H11ClN2O2/c1-2-8-11(12)14-6-7(5-10(15)16)3-4-9(14)13-8/h3-4,6H,2,5H2,1H3,(H,15,16). The van der Waals surface area contributed by atoms with E-state index in [1.54, 1.807) is 22.7 Å². The molecule has 0 aliphatic heterocycles. The Morgan fingerprint density at radius 2 is 2.31 bits per heavy atom. The molecule has 2 heterocycles. The predicted molar refractivity (Wildman–Crippen MR) is 60.9 cm³/mol. The Bertz CT molecular complexity index is 548. The fourth-order valence-electron chi connectivity index (χ4n) is 1.61. The van der Waals surface area contributed by atoms with E-state index in [1.165, 1.54) is 0 Å². The van der Waals surface area contributed by atoms with E-state index in [-0.39, 0.29) is 6.42 Å². The molecule has 2 rings (SSSR count). The minimum absolute atomic E-state index is 0.00803. The molecular weight excluding hydrogens is 228 g/mol. The summed E-state index contributed by atoms with van der Waals surface area (Å²) >= 11 is 6.12. The van der Waals surface area contributed by atoms with Crippen LogP contribution in [-0.4, -0.2) is 20.5 Å². The summed E-state index contributed by atoms with van der Waals surface area (Å²) in [5.74, 6) is -0.855. The third-order valence-electron chi connectivity index (χ3n) is 2.38. The van der Waals surface area contributed by atoms with Crippen LogP contribution in [0.25, 0.3) is 5.65 Å². The number of carboxylic acids is 1. The monoisotopic (exact) mass is 238 g/mol. The van der Waals surface area contributed by atoms with Gasteiger partial charge >= 0.3 is 5.97 Å². The SMILES string of the molecule is CCc1nc2ccc(CC(=O)O)cn2c1Cl. The number of nitrogens with zero attached hydrogens (tertiary/aromatic N) is 2. The van der Waals surface area contributed by atoms with Crippen molar-refractivity contribution in [1.82, 2.24) is 9.38 Å². The van der Waals surface area contributed by atoms with Gasteiger partial charge in [0, 0.05) is 6.20 Å². The fourth-order valence-corrected chi connectivity index (χ4v) is 1.92. The number of hydrogen-bond acceptors (Lipinski definition) is 2. The molecule has 5 heteroatoms. The van der Waals surface area contributed by atoms with Gasteiger partial charge in [0.25, 0.3) is 0 Å². The molecule has 2 aromatic heterocycles. The lowest BCUT2D eigenvalue weighted by Crippen LogP contribution is -2.01. The van der Waals surface area contributed by atoms with Crippen molar-refractivity contribution < 1.29 is 9.90 Å². The number of fused-ring (bicyclic) bond motifs is 1. The molecule has 84 valence electrons. The summed E-state index contributed by atoms with van der Waals surface area (Å²) in [5.41, 5.74) is 2.28. The summed E-state index contributed by atoms with van der Waals surface area (Å²) < 4.78 is 1.72. The van der Waals surface area contributed by atoms with Crippen molar-refractivity contribution in [2.24, 2.45) is 0 Å². The molecule has 0 amide bonds. The van der Waals surface area contributed by atoms with Crippen molar-refractivity contribution in [3.8, 4) is 0 Å². The zero-order valence-corrected chi connectivity index (χ0v) is 9.53. The molecule has 0 unspecified atom stereocenters. The lowest BCUT2D eigenvalue weighted by Gasteiger charge is -1.99. The summed E-state index contributed by atoms with van der Waals surface area (Å²) in [5, 5.41) is 9.26. The Kier molecular flexibility index (Phi) is 2.83. The van der Waals surface area contributed by atoms with Gasteiger partial charge in [-0.05, 0) is 18.1 Å². The molecule has 2 aromatic rings. The highest BCUT2D eigenvalue weighted by molar-refractivity contribution is 6.30. The molecule has 0 radical (unpaired) electrons. The van der Waals surface area contributed by atoms with Gasteiger partial charge in [-0.15, -0.1) is 0 Å². The van der Waals surface area contributed by atoms with E-state index in [0.29, 0.717) is 10.7 Å². The van der Waals surface area contributed by atoms with E-state index in [4.69, 9.17) is 16.7 Å². The van der Waals surface area contributed by atoms with Crippen LogP contribution >= 0.6 is 11.6 Å². The molecule has 0 spiro atoms. The van der Waals surface area contributed by atoms with Gasteiger partial charge < -0.3 is 5.11 Å². The quantitative estimate of drug-likeness (QED) is 0.892. The lowest BCUT2D eigenvalue weighted by atomic mass is 10.2. The molecule has 0 atom stereocenters. The Labute approximate surface area is 97.5 Å². The topological polar surface area (TPSA) is 54.6 Å². The number of imidazole rings is 1. The maximum atomic E-state index is 10.6. The summed E-state index contributed by atoms with van der Waals surface area (Å²) in [7, 11) is 0. The molecule has 16 heavy (non-hydrogen) atoms. The number of aromatic nitrogens is 2. The molecular formula is C11H11ClN2O2. The van der Waals surface area contributed by atoms with Crippen LogP contribution in [0.5, 0.6) is 0 Å². The number of aliphatic carboxylic acids is 1. The largest absolute Gasteiger partial charge is 0.481 e. The lowest BCUT2D eigenvalue weighted by molar-refractivity contribution is -0.136. The second-order valence-electron chi connectivity index (χ2n) is 3.54. The maximum absolute atomic E-state index is 10.6. The number of aryl methyl sites for hydroxylation is 1. The highest BCUT2D eigenvalue weighted by atomic mass is 35.5. The van der Waals surface area contributed by atoms with E-state index in [2.05, 4.69) is 4.98 Å². The smallest absolute Gasteiger partial charge is 0.307 e. The van der Waals surface area contributed by atoms with Crippen molar-refractivity contribution in [2.45, 2.75) is 19.8 Å². The van der Waals surface area contributed by atoms with Crippen LogP contribution in [0, 0.1) is 0 Å². The van der Waals surface area contributed by atoms with Gasteiger partial charge in [0.2, 0.25) is 0 Å². The van der Waals surface area contributed by atoms with Gasteiger partial charge in [-0.1, -0.05) is 24.6 Å². The van der Waals surface area contributed by atoms with Crippen molar-refractivity contribution in [1.29, 1.82) is 0 Å². The van der Waals surface area contributed by atoms with Crippen LogP contribution in [0.1, 0.15) is 18.2 Å². The molecule has 0 saturated heterocycles. The predicted octanol–water partition coefficient (Wildman–Crippen LogP) is 2.18. The minimum atomic E-state index is -0.855. The molecule has 0 fully saturated rings. The number of halogens is 1. The van der Waals surface area contributed by atoms with Crippen LogP contribution in [0.4, 0.5) is 0 Å². The summed E-state index contributed by atoms with van der Waals surface area (Å²) in [6, 6.07) is 3.54. The summed E-state index contributed by atoms with van der Waals surface area (Å²) in [6.07, 6.45) is 2.47. The molecule has 0 aliphatic carbocycles. The average Bonchev–Trinajstić information content (AvgIpc) is 2.55. The van der Waals surface area contributed by atoms with Gasteiger partial charge in [0.05, 0.1) is 12.1 Å². The normalized spacial score (nSPS) is 10.9. The zero-order valence-electron chi connectivity index (χ0n) is 8.77. The Hall–Kier alpha value is -1.55. The first-order valence-corrected chi connectivity index (χ1v) is 5.36. The van der Waals surface area contributed by atoms with Gasteiger partial charge in [0.15, 0.2) is 0 Å². The number of carboxylic acid groups (broad SMARTS) is 1. The molecule has 0 bridgehead atoms. The third-order valence-corrected chi connectivity index (χ3v) is 2.78. The van der Waals surface area contributed by atoms with Crippen LogP contribution in [0.3, 0.4) is 0 Å². The first kappa shape index (κ1) is 11.0. The third kappa shape index (κ3) is 1.88. The number of carbonyl (C=O) groups is 1. The van der Waals surface area contributed by atoms with Gasteiger partial charge in [-0.3, -0.25) is 9.20 Å². The summed E-state index contributed by atoms with van der Waals surface area (Å²) in [6.45, 7) is 1.98. The number of rotatable bonds is 3. The van der Waals surface area contributed by atoms with Crippen LogP contribution in [-0.2, 0) is 17.6 Å². The highest BCUT2D eigenvalue weighted by Gasteiger charge is 2.09. The van der Waals surface area contributed by atoms with Crippen molar-refractivity contribution >= 4 is 23.2 Å². The van der Waals surface area contributed by atoms with E-state index in [9.17, 15) is 4.79 Å². The first-order valence-electron chi connectivity index (χ1n) is 4.99. The molecule has 0 aromatic carbocycles. The second kappa shape index (κ2) is 4.14. The van der Waals surface area contributed by atoms with E-state index < -0.39 is 5.97 Å². The zero-order chi connectivity index (χ0) is 11.7. The van der Waals surface area contributed by atoms with Crippen LogP contribution < -0.4 is 0 Å². The molecule has 1 N–H and O–H groups in total.